The monoisotopic (exact) mass is 499 g/mol. The minimum absolute atomic E-state index is 0.00709. The predicted molar refractivity (Wildman–Crippen MR) is 137 cm³/mol. The van der Waals surface area contributed by atoms with E-state index in [0.717, 1.165) is 48.4 Å². The van der Waals surface area contributed by atoms with Gasteiger partial charge in [-0.05, 0) is 70.3 Å². The highest BCUT2D eigenvalue weighted by atomic mass is 32.2. The van der Waals surface area contributed by atoms with Gasteiger partial charge in [0.1, 0.15) is 5.75 Å². The third-order valence-electron chi connectivity index (χ3n) is 7.32. The van der Waals surface area contributed by atoms with E-state index in [-0.39, 0.29) is 17.9 Å². The first kappa shape index (κ1) is 25.7. The smallest absolute Gasteiger partial charge is 0.243 e. The molecule has 2 aromatic carbocycles. The van der Waals surface area contributed by atoms with Crippen molar-refractivity contribution < 1.29 is 17.9 Å². The maximum Gasteiger partial charge on any atom is 0.243 e. The summed E-state index contributed by atoms with van der Waals surface area (Å²) in [4.78, 5) is 15.9. The van der Waals surface area contributed by atoms with Crippen molar-refractivity contribution in [3.8, 4) is 5.75 Å². The molecule has 0 saturated carbocycles. The van der Waals surface area contributed by atoms with Crippen LogP contribution >= 0.6 is 0 Å². The zero-order valence-electron chi connectivity index (χ0n) is 21.0. The van der Waals surface area contributed by atoms with E-state index < -0.39 is 10.0 Å². The second kappa shape index (κ2) is 11.1. The molecule has 2 aromatic rings. The standard InChI is InChI=1S/C27H37N3O4S/c1-20-10-11-26(21(2)18-20)35(32,33)30-16-12-22(13-17-30)27(31)28-19-24(29-14-6-7-15-29)23-8-4-5-9-25(23)34-3/h4-5,8-11,18,22,24H,6-7,12-17,19H2,1-3H3,(H,28,31)/t24-/m0/s1. The summed E-state index contributed by atoms with van der Waals surface area (Å²) in [5.74, 6) is 0.661. The van der Waals surface area contributed by atoms with Crippen LogP contribution in [0.1, 0.15) is 48.4 Å². The van der Waals surface area contributed by atoms with Gasteiger partial charge < -0.3 is 10.1 Å². The number of amides is 1. The summed E-state index contributed by atoms with van der Waals surface area (Å²) in [7, 11) is -1.88. The topological polar surface area (TPSA) is 79.0 Å². The third-order valence-corrected chi connectivity index (χ3v) is 9.38. The number of carbonyl (C=O) groups is 1. The zero-order chi connectivity index (χ0) is 25.0. The molecular weight excluding hydrogens is 462 g/mol. The summed E-state index contributed by atoms with van der Waals surface area (Å²) in [6, 6.07) is 13.5. The Hall–Kier alpha value is -2.42. The van der Waals surface area contributed by atoms with Crippen molar-refractivity contribution >= 4 is 15.9 Å². The molecule has 35 heavy (non-hydrogen) atoms. The average Bonchev–Trinajstić information content (AvgIpc) is 3.39. The Kier molecular flexibility index (Phi) is 8.14. The van der Waals surface area contributed by atoms with Gasteiger partial charge in [-0.1, -0.05) is 35.9 Å². The number of aryl methyl sites for hydroxylation is 2. The number of rotatable bonds is 8. The normalized spacial score (nSPS) is 18.9. The fourth-order valence-corrected chi connectivity index (χ4v) is 7.03. The molecule has 7 nitrogen and oxygen atoms in total. The van der Waals surface area contributed by atoms with Crippen molar-refractivity contribution in [2.24, 2.45) is 5.92 Å². The van der Waals surface area contributed by atoms with Crippen LogP contribution in [0, 0.1) is 19.8 Å². The SMILES string of the molecule is COc1ccccc1[C@H](CNC(=O)C1CCN(S(=O)(=O)c2ccc(C)cc2C)CC1)N1CCCC1. The summed E-state index contributed by atoms with van der Waals surface area (Å²) in [5, 5.41) is 3.18. The molecule has 2 fully saturated rings. The number of nitrogens with one attached hydrogen (secondary N) is 1. The number of nitrogens with zero attached hydrogens (tertiary/aromatic N) is 2. The highest BCUT2D eigenvalue weighted by molar-refractivity contribution is 7.89. The van der Waals surface area contributed by atoms with E-state index in [0.29, 0.717) is 37.4 Å². The molecule has 1 atom stereocenters. The predicted octanol–water partition coefficient (Wildman–Crippen LogP) is 3.67. The van der Waals surface area contributed by atoms with Gasteiger partial charge in [0.25, 0.3) is 0 Å². The van der Waals surface area contributed by atoms with E-state index in [9.17, 15) is 13.2 Å². The van der Waals surface area contributed by atoms with Crippen LogP contribution in [0.3, 0.4) is 0 Å². The molecule has 8 heteroatoms. The fourth-order valence-electron chi connectivity index (χ4n) is 5.36. The Labute approximate surface area is 209 Å². The molecule has 2 heterocycles. The van der Waals surface area contributed by atoms with E-state index in [1.807, 2.05) is 44.2 Å². The Morgan fingerprint density at radius 2 is 1.74 bits per heavy atom. The molecule has 1 amide bonds. The molecule has 0 bridgehead atoms. The minimum atomic E-state index is -3.56. The van der Waals surface area contributed by atoms with Crippen LogP contribution in [0.5, 0.6) is 5.75 Å². The summed E-state index contributed by atoms with van der Waals surface area (Å²) in [6.45, 7) is 7.03. The molecule has 0 aromatic heterocycles. The number of likely N-dealkylation sites (tertiary alicyclic amines) is 1. The first-order valence-electron chi connectivity index (χ1n) is 12.5. The lowest BCUT2D eigenvalue weighted by molar-refractivity contribution is -0.126. The molecule has 2 saturated heterocycles. The molecule has 0 unspecified atom stereocenters. The Balaban J connectivity index is 1.38. The first-order valence-corrected chi connectivity index (χ1v) is 14.0. The number of sulfonamides is 1. The maximum absolute atomic E-state index is 13.2. The lowest BCUT2D eigenvalue weighted by Crippen LogP contribution is -2.44. The molecule has 4 rings (SSSR count). The Bertz CT molecular complexity index is 1140. The van der Waals surface area contributed by atoms with Crippen LogP contribution in [0.15, 0.2) is 47.4 Å². The highest BCUT2D eigenvalue weighted by Crippen LogP contribution is 2.32. The lowest BCUT2D eigenvalue weighted by Gasteiger charge is -2.32. The molecule has 2 aliphatic heterocycles. The van der Waals surface area contributed by atoms with E-state index in [1.165, 1.54) is 4.31 Å². The van der Waals surface area contributed by atoms with Gasteiger partial charge in [0, 0.05) is 31.1 Å². The number of hydrogen-bond donors (Lipinski definition) is 1. The summed E-state index contributed by atoms with van der Waals surface area (Å²) < 4.78 is 33.5. The van der Waals surface area contributed by atoms with Gasteiger partial charge in [-0.3, -0.25) is 9.69 Å². The fraction of sp³-hybridized carbons (Fsp3) is 0.519. The maximum atomic E-state index is 13.2. The van der Waals surface area contributed by atoms with Crippen molar-refractivity contribution in [3.05, 3.63) is 59.2 Å². The third kappa shape index (κ3) is 5.71. The molecule has 190 valence electrons. The molecule has 0 radical (unpaired) electrons. The van der Waals surface area contributed by atoms with E-state index >= 15 is 0 Å². The number of methoxy groups -OCH3 is 1. The van der Waals surface area contributed by atoms with Crippen LogP contribution in [0.25, 0.3) is 0 Å². The Morgan fingerprint density at radius 3 is 2.40 bits per heavy atom. The van der Waals surface area contributed by atoms with Crippen molar-refractivity contribution in [3.63, 3.8) is 0 Å². The molecule has 0 aliphatic carbocycles. The lowest BCUT2D eigenvalue weighted by atomic mass is 9.96. The quantitative estimate of drug-likeness (QED) is 0.600. The number of benzene rings is 2. The van der Waals surface area contributed by atoms with Gasteiger partial charge in [-0.25, -0.2) is 8.42 Å². The minimum Gasteiger partial charge on any atom is -0.496 e. The summed E-state index contributed by atoms with van der Waals surface area (Å²) in [6.07, 6.45) is 3.37. The summed E-state index contributed by atoms with van der Waals surface area (Å²) in [5.41, 5.74) is 2.89. The number of piperidine rings is 1. The van der Waals surface area contributed by atoms with Gasteiger partial charge in [0.05, 0.1) is 18.0 Å². The Morgan fingerprint density at radius 1 is 1.06 bits per heavy atom. The summed E-state index contributed by atoms with van der Waals surface area (Å²) >= 11 is 0. The average molecular weight is 500 g/mol. The number of hydrogen-bond acceptors (Lipinski definition) is 5. The van der Waals surface area contributed by atoms with Crippen molar-refractivity contribution in [2.45, 2.75) is 50.5 Å². The van der Waals surface area contributed by atoms with Gasteiger partial charge in [-0.15, -0.1) is 0 Å². The number of ether oxygens (including phenoxy) is 1. The van der Waals surface area contributed by atoms with E-state index in [2.05, 4.69) is 16.3 Å². The second-order valence-electron chi connectivity index (χ2n) is 9.69. The highest BCUT2D eigenvalue weighted by Gasteiger charge is 2.33. The second-order valence-corrected chi connectivity index (χ2v) is 11.6. The van der Waals surface area contributed by atoms with Crippen molar-refractivity contribution in [1.82, 2.24) is 14.5 Å². The van der Waals surface area contributed by atoms with Crippen LogP contribution in [-0.2, 0) is 14.8 Å². The van der Waals surface area contributed by atoms with Gasteiger partial charge >= 0.3 is 0 Å². The van der Waals surface area contributed by atoms with Crippen LogP contribution in [-0.4, -0.2) is 63.4 Å². The molecule has 0 spiro atoms. The number of para-hydroxylation sites is 1. The van der Waals surface area contributed by atoms with Gasteiger partial charge in [-0.2, -0.15) is 4.31 Å². The first-order chi connectivity index (χ1) is 16.8. The van der Waals surface area contributed by atoms with E-state index in [4.69, 9.17) is 4.74 Å². The zero-order valence-corrected chi connectivity index (χ0v) is 21.8. The van der Waals surface area contributed by atoms with Crippen LogP contribution < -0.4 is 10.1 Å². The van der Waals surface area contributed by atoms with Crippen molar-refractivity contribution in [1.29, 1.82) is 0 Å². The molecule has 2 aliphatic rings. The van der Waals surface area contributed by atoms with Gasteiger partial charge in [0.2, 0.25) is 15.9 Å². The number of carbonyl (C=O) groups excluding carboxylic acids is 1. The molecule has 1 N–H and O–H groups in total. The van der Waals surface area contributed by atoms with Crippen LogP contribution in [0.2, 0.25) is 0 Å². The van der Waals surface area contributed by atoms with E-state index in [1.54, 1.807) is 13.2 Å². The molecular formula is C27H37N3O4S. The van der Waals surface area contributed by atoms with Crippen LogP contribution in [0.4, 0.5) is 0 Å². The van der Waals surface area contributed by atoms with Crippen molar-refractivity contribution in [2.75, 3.05) is 39.8 Å². The largest absolute Gasteiger partial charge is 0.496 e. The van der Waals surface area contributed by atoms with Gasteiger partial charge in [0.15, 0.2) is 0 Å².